The van der Waals surface area contributed by atoms with Crippen LogP contribution in [0.2, 0.25) is 0 Å². The fourth-order valence-corrected chi connectivity index (χ4v) is 6.05. The average molecular weight is 369 g/mol. The molecule has 0 saturated heterocycles. The minimum absolute atomic E-state index is 0.0169. The molecule has 3 nitrogen and oxygen atoms in total. The summed E-state index contributed by atoms with van der Waals surface area (Å²) in [6, 6.07) is 0. The summed E-state index contributed by atoms with van der Waals surface area (Å²) in [4.78, 5) is 24.9. The number of aldehydes is 1. The molecule has 4 atom stereocenters. The number of fused-ring (bicyclic) bond motifs is 3. The van der Waals surface area contributed by atoms with Gasteiger partial charge in [0, 0.05) is 0 Å². The van der Waals surface area contributed by atoms with Crippen LogP contribution in [0.4, 0.5) is 0 Å². The summed E-state index contributed by atoms with van der Waals surface area (Å²) in [5, 5.41) is 0. The van der Waals surface area contributed by atoms with E-state index < -0.39 is 5.41 Å². The van der Waals surface area contributed by atoms with Gasteiger partial charge in [0.1, 0.15) is 6.29 Å². The van der Waals surface area contributed by atoms with Gasteiger partial charge in [0.05, 0.1) is 5.41 Å². The third-order valence-corrected chi connectivity index (χ3v) is 7.64. The Morgan fingerprint density at radius 3 is 2.78 bits per heavy atom. The second-order valence-corrected chi connectivity index (χ2v) is 9.38. The summed E-state index contributed by atoms with van der Waals surface area (Å²) >= 11 is 0. The van der Waals surface area contributed by atoms with Crippen molar-refractivity contribution in [2.24, 2.45) is 28.6 Å². The normalized spacial score (nSPS) is 35.6. The summed E-state index contributed by atoms with van der Waals surface area (Å²) in [6.07, 6.45) is 14.3. The van der Waals surface area contributed by atoms with Gasteiger partial charge < -0.3 is 4.74 Å². The second kappa shape index (κ2) is 7.30. The molecule has 0 spiro atoms. The van der Waals surface area contributed by atoms with Crippen molar-refractivity contribution in [3.05, 3.63) is 22.8 Å². The topological polar surface area (TPSA) is 43.4 Å². The molecule has 3 heteroatoms. The maximum Gasteiger partial charge on any atom is 0.313 e. The molecule has 0 heterocycles. The van der Waals surface area contributed by atoms with E-state index in [1.165, 1.54) is 11.1 Å². The molecule has 0 aromatic rings. The van der Waals surface area contributed by atoms with E-state index in [4.69, 9.17) is 11.2 Å². The first-order valence-corrected chi connectivity index (χ1v) is 10.3. The van der Waals surface area contributed by atoms with E-state index in [0.717, 1.165) is 44.0 Å². The molecule has 0 aliphatic heterocycles. The summed E-state index contributed by atoms with van der Waals surface area (Å²) in [5.74, 6) is 3.18. The minimum atomic E-state index is -0.578. The van der Waals surface area contributed by atoms with Crippen LogP contribution in [-0.2, 0) is 14.3 Å². The minimum Gasteiger partial charge on any atom is -0.452 e. The van der Waals surface area contributed by atoms with E-state index in [-0.39, 0.29) is 23.9 Å². The molecule has 0 radical (unpaired) electrons. The number of hydrogen-bond acceptors (Lipinski definition) is 3. The highest BCUT2D eigenvalue weighted by Crippen LogP contribution is 2.63. The number of allylic oxidation sites excluding steroid dienone is 4. The van der Waals surface area contributed by atoms with E-state index in [1.54, 1.807) is 0 Å². The molecule has 0 N–H and O–H groups in total. The summed E-state index contributed by atoms with van der Waals surface area (Å²) in [7, 11) is 0. The van der Waals surface area contributed by atoms with Crippen molar-refractivity contribution < 1.29 is 14.3 Å². The predicted molar refractivity (Wildman–Crippen MR) is 107 cm³/mol. The first kappa shape index (κ1) is 19.9. The van der Waals surface area contributed by atoms with Gasteiger partial charge in [-0.3, -0.25) is 9.59 Å². The third kappa shape index (κ3) is 3.18. The van der Waals surface area contributed by atoms with E-state index in [9.17, 15) is 9.59 Å². The van der Waals surface area contributed by atoms with Crippen molar-refractivity contribution in [3.8, 4) is 12.3 Å². The third-order valence-electron chi connectivity index (χ3n) is 7.64. The Hall–Kier alpha value is -1.82. The van der Waals surface area contributed by atoms with Crippen molar-refractivity contribution in [3.63, 3.8) is 0 Å². The zero-order chi connectivity index (χ0) is 19.8. The lowest BCUT2D eigenvalue weighted by molar-refractivity contribution is -0.168. The second-order valence-electron chi connectivity index (χ2n) is 9.38. The fraction of sp³-hybridized carbons (Fsp3) is 0.667. The molecular formula is C24H32O3. The lowest BCUT2D eigenvalue weighted by atomic mass is 9.46. The van der Waals surface area contributed by atoms with Crippen LogP contribution in [-0.4, -0.2) is 18.9 Å². The van der Waals surface area contributed by atoms with Crippen molar-refractivity contribution in [1.82, 2.24) is 0 Å². The Balaban J connectivity index is 2.05. The molecule has 3 aliphatic rings. The summed E-state index contributed by atoms with van der Waals surface area (Å²) < 4.78 is 5.39. The lowest BCUT2D eigenvalue weighted by Gasteiger charge is -2.58. The molecule has 1 saturated carbocycles. The molecule has 1 fully saturated rings. The van der Waals surface area contributed by atoms with Gasteiger partial charge in [0.2, 0.25) is 0 Å². The quantitative estimate of drug-likeness (QED) is 0.404. The number of rotatable bonds is 4. The highest BCUT2D eigenvalue weighted by molar-refractivity contribution is 5.80. The molecule has 3 rings (SSSR count). The zero-order valence-corrected chi connectivity index (χ0v) is 17.1. The Bertz CT molecular complexity index is 735. The van der Waals surface area contributed by atoms with E-state index in [2.05, 4.69) is 32.8 Å². The Morgan fingerprint density at radius 1 is 1.41 bits per heavy atom. The standard InChI is InChI=1S/C24H32O3/c1-6-12-27-22(26)24(5)11-7-10-23(4)20-9-8-17(16(2)3)13-19(20)18(15-25)14-21(23)24/h1,13,15-16,20-21H,7-12,14H2,2-5H3/t20-,21+,23+,24+/m0/s1. The van der Waals surface area contributed by atoms with Gasteiger partial charge in [-0.05, 0) is 73.3 Å². The predicted octanol–water partition coefficient (Wildman–Crippen LogP) is 4.87. The van der Waals surface area contributed by atoms with Crippen LogP contribution >= 0.6 is 0 Å². The summed E-state index contributed by atoms with van der Waals surface area (Å²) in [5.41, 5.74) is 3.00. The van der Waals surface area contributed by atoms with Crippen LogP contribution in [0.15, 0.2) is 22.8 Å². The number of carbonyl (C=O) groups excluding carboxylic acids is 2. The Labute approximate surface area is 163 Å². The number of esters is 1. The molecule has 0 bridgehead atoms. The van der Waals surface area contributed by atoms with Gasteiger partial charge in [-0.15, -0.1) is 6.42 Å². The largest absolute Gasteiger partial charge is 0.452 e. The van der Waals surface area contributed by atoms with Crippen LogP contribution in [0.3, 0.4) is 0 Å². The Kier molecular flexibility index (Phi) is 5.39. The molecule has 0 aromatic heterocycles. The molecule has 0 aromatic carbocycles. The van der Waals surface area contributed by atoms with Gasteiger partial charge in [0.25, 0.3) is 0 Å². The molecule has 146 valence electrons. The SMILES string of the molecule is C#CCOC(=O)[C@]1(C)CCC[C@@]2(C)[C@H]1CC(C=O)=C1C=C(C(C)C)CC[C@@H]12. The number of ether oxygens (including phenoxy) is 1. The van der Waals surface area contributed by atoms with E-state index in [0.29, 0.717) is 18.3 Å². The molecule has 0 amide bonds. The average Bonchev–Trinajstić information content (AvgIpc) is 2.65. The van der Waals surface area contributed by atoms with Crippen molar-refractivity contribution in [2.45, 2.75) is 66.2 Å². The van der Waals surface area contributed by atoms with Gasteiger partial charge in [-0.25, -0.2) is 0 Å². The smallest absolute Gasteiger partial charge is 0.313 e. The highest BCUT2D eigenvalue weighted by atomic mass is 16.5. The number of terminal acetylenes is 1. The van der Waals surface area contributed by atoms with Gasteiger partial charge >= 0.3 is 5.97 Å². The number of carbonyl (C=O) groups is 2. The van der Waals surface area contributed by atoms with Crippen molar-refractivity contribution in [1.29, 1.82) is 0 Å². The van der Waals surface area contributed by atoms with Crippen molar-refractivity contribution in [2.75, 3.05) is 6.61 Å². The maximum atomic E-state index is 12.9. The van der Waals surface area contributed by atoms with Crippen LogP contribution in [0.1, 0.15) is 66.2 Å². The molecule has 0 unspecified atom stereocenters. The number of hydrogen-bond donors (Lipinski definition) is 0. The first-order chi connectivity index (χ1) is 12.8. The molecule has 27 heavy (non-hydrogen) atoms. The van der Waals surface area contributed by atoms with Crippen molar-refractivity contribution >= 4 is 12.3 Å². The fourth-order valence-electron chi connectivity index (χ4n) is 6.05. The zero-order valence-electron chi connectivity index (χ0n) is 17.1. The van der Waals surface area contributed by atoms with E-state index >= 15 is 0 Å². The van der Waals surface area contributed by atoms with Gasteiger partial charge in [-0.2, -0.15) is 0 Å². The van der Waals surface area contributed by atoms with Crippen LogP contribution < -0.4 is 0 Å². The monoisotopic (exact) mass is 368 g/mol. The first-order valence-electron chi connectivity index (χ1n) is 10.3. The highest BCUT2D eigenvalue weighted by Gasteiger charge is 2.58. The Morgan fingerprint density at radius 2 is 2.15 bits per heavy atom. The molecular weight excluding hydrogens is 336 g/mol. The van der Waals surface area contributed by atoms with Crippen LogP contribution in [0.25, 0.3) is 0 Å². The molecule has 3 aliphatic carbocycles. The maximum absolute atomic E-state index is 12.9. The van der Waals surface area contributed by atoms with Crippen LogP contribution in [0.5, 0.6) is 0 Å². The lowest BCUT2D eigenvalue weighted by Crippen LogP contribution is -2.54. The van der Waals surface area contributed by atoms with Gasteiger partial charge in [-0.1, -0.05) is 44.8 Å². The summed E-state index contributed by atoms with van der Waals surface area (Å²) in [6.45, 7) is 8.83. The van der Waals surface area contributed by atoms with E-state index in [1.807, 2.05) is 6.92 Å². The van der Waals surface area contributed by atoms with Gasteiger partial charge in [0.15, 0.2) is 6.61 Å². The van der Waals surface area contributed by atoms with Crippen LogP contribution in [0, 0.1) is 40.9 Å².